The summed E-state index contributed by atoms with van der Waals surface area (Å²) in [5, 5.41) is 0. The predicted molar refractivity (Wildman–Crippen MR) is 63.8 cm³/mol. The molecule has 1 nitrogen and oxygen atoms in total. The molecule has 90 valence electrons. The van der Waals surface area contributed by atoms with Crippen LogP contribution in [0.1, 0.15) is 48.0 Å². The molecule has 0 saturated carbocycles. The van der Waals surface area contributed by atoms with E-state index in [1.807, 2.05) is 0 Å². The normalized spacial score (nSPS) is 30.6. The van der Waals surface area contributed by atoms with Crippen molar-refractivity contribution in [2.75, 3.05) is 13.1 Å². The lowest BCUT2D eigenvalue weighted by Crippen LogP contribution is -2.52. The van der Waals surface area contributed by atoms with Gasteiger partial charge in [0, 0.05) is 12.1 Å². The SMILES string of the molecule is CC(C)(C)C1CCN(C(C)(C)C)C[C@@H]1F. The van der Waals surface area contributed by atoms with E-state index in [1.54, 1.807) is 0 Å². The fourth-order valence-corrected chi connectivity index (χ4v) is 2.49. The molecule has 1 heterocycles. The summed E-state index contributed by atoms with van der Waals surface area (Å²) in [5.41, 5.74) is 0.205. The van der Waals surface area contributed by atoms with Gasteiger partial charge in [0.05, 0.1) is 0 Å². The molecule has 1 fully saturated rings. The molecule has 15 heavy (non-hydrogen) atoms. The number of rotatable bonds is 0. The van der Waals surface area contributed by atoms with Crippen LogP contribution in [-0.4, -0.2) is 29.7 Å². The van der Waals surface area contributed by atoms with Gasteiger partial charge in [-0.2, -0.15) is 0 Å². The predicted octanol–water partition coefficient (Wildman–Crippen LogP) is 3.49. The highest BCUT2D eigenvalue weighted by molar-refractivity contribution is 4.91. The average Bonchev–Trinajstić information content (AvgIpc) is 1.99. The number of piperidine rings is 1. The van der Waals surface area contributed by atoms with Crippen molar-refractivity contribution in [2.45, 2.75) is 59.7 Å². The minimum atomic E-state index is -0.669. The Labute approximate surface area is 94.0 Å². The Hall–Kier alpha value is -0.110. The molecule has 0 aromatic rings. The van der Waals surface area contributed by atoms with Crippen molar-refractivity contribution in [3.63, 3.8) is 0 Å². The van der Waals surface area contributed by atoms with Crippen molar-refractivity contribution in [1.82, 2.24) is 4.90 Å². The van der Waals surface area contributed by atoms with E-state index in [1.165, 1.54) is 0 Å². The zero-order chi connectivity index (χ0) is 11.9. The van der Waals surface area contributed by atoms with Crippen LogP contribution in [0.25, 0.3) is 0 Å². The number of likely N-dealkylation sites (tertiary alicyclic amines) is 1. The standard InChI is InChI=1S/C13H26FN/c1-12(2,3)10-7-8-15(9-11(10)14)13(4,5)6/h10-11H,7-9H2,1-6H3/t10?,11-/m0/s1. The summed E-state index contributed by atoms with van der Waals surface area (Å²) in [6, 6.07) is 0. The molecule has 0 spiro atoms. The highest BCUT2D eigenvalue weighted by atomic mass is 19.1. The lowest BCUT2D eigenvalue weighted by molar-refractivity contribution is -0.0101. The topological polar surface area (TPSA) is 3.24 Å². The van der Waals surface area contributed by atoms with Crippen LogP contribution in [-0.2, 0) is 0 Å². The van der Waals surface area contributed by atoms with E-state index in [-0.39, 0.29) is 16.9 Å². The minimum Gasteiger partial charge on any atom is -0.296 e. The number of hydrogen-bond donors (Lipinski definition) is 0. The van der Waals surface area contributed by atoms with Crippen LogP contribution < -0.4 is 0 Å². The van der Waals surface area contributed by atoms with Crippen LogP contribution in [0.15, 0.2) is 0 Å². The summed E-state index contributed by atoms with van der Waals surface area (Å²) in [7, 11) is 0. The molecule has 0 aromatic heterocycles. The van der Waals surface area contributed by atoms with Gasteiger partial charge in [0.1, 0.15) is 6.17 Å². The van der Waals surface area contributed by atoms with E-state index in [2.05, 4.69) is 46.4 Å². The number of halogens is 1. The minimum absolute atomic E-state index is 0.101. The van der Waals surface area contributed by atoms with E-state index in [0.717, 1.165) is 13.0 Å². The van der Waals surface area contributed by atoms with Gasteiger partial charge >= 0.3 is 0 Å². The largest absolute Gasteiger partial charge is 0.296 e. The molecule has 0 bridgehead atoms. The average molecular weight is 215 g/mol. The second-order valence-corrected chi connectivity index (χ2v) is 6.89. The molecule has 1 aliphatic heterocycles. The van der Waals surface area contributed by atoms with Crippen LogP contribution in [0, 0.1) is 11.3 Å². The van der Waals surface area contributed by atoms with Gasteiger partial charge in [0.15, 0.2) is 0 Å². The molecule has 1 rings (SSSR count). The number of hydrogen-bond acceptors (Lipinski definition) is 1. The Morgan fingerprint density at radius 3 is 1.93 bits per heavy atom. The Balaban J connectivity index is 2.64. The molecule has 0 aromatic carbocycles. The van der Waals surface area contributed by atoms with Crippen LogP contribution in [0.3, 0.4) is 0 Å². The maximum Gasteiger partial charge on any atom is 0.116 e. The van der Waals surface area contributed by atoms with Crippen LogP contribution >= 0.6 is 0 Å². The van der Waals surface area contributed by atoms with Gasteiger partial charge in [0.25, 0.3) is 0 Å². The van der Waals surface area contributed by atoms with Gasteiger partial charge in [-0.1, -0.05) is 20.8 Å². The fourth-order valence-electron chi connectivity index (χ4n) is 2.49. The number of nitrogens with zero attached hydrogens (tertiary/aromatic N) is 1. The highest BCUT2D eigenvalue weighted by Gasteiger charge is 2.39. The van der Waals surface area contributed by atoms with Crippen LogP contribution in [0.4, 0.5) is 4.39 Å². The molecular weight excluding hydrogens is 189 g/mol. The maximum absolute atomic E-state index is 14.1. The first-order valence-electron chi connectivity index (χ1n) is 6.01. The first kappa shape index (κ1) is 13.0. The van der Waals surface area contributed by atoms with E-state index in [0.29, 0.717) is 6.54 Å². The monoisotopic (exact) mass is 215 g/mol. The van der Waals surface area contributed by atoms with Crippen LogP contribution in [0.2, 0.25) is 0 Å². The zero-order valence-electron chi connectivity index (χ0n) is 11.1. The van der Waals surface area contributed by atoms with Gasteiger partial charge in [-0.3, -0.25) is 4.90 Å². The van der Waals surface area contributed by atoms with Crippen molar-refractivity contribution in [1.29, 1.82) is 0 Å². The Bertz CT molecular complexity index is 212. The third-order valence-electron chi connectivity index (χ3n) is 3.60. The molecule has 0 aliphatic carbocycles. The Morgan fingerprint density at radius 1 is 1.07 bits per heavy atom. The smallest absolute Gasteiger partial charge is 0.116 e. The van der Waals surface area contributed by atoms with Crippen molar-refractivity contribution < 1.29 is 4.39 Å². The first-order valence-corrected chi connectivity index (χ1v) is 6.01. The highest BCUT2D eigenvalue weighted by Crippen LogP contribution is 2.37. The molecular formula is C13H26FN. The van der Waals surface area contributed by atoms with E-state index in [4.69, 9.17) is 0 Å². The van der Waals surface area contributed by atoms with Crippen molar-refractivity contribution >= 4 is 0 Å². The molecule has 2 atom stereocenters. The molecule has 1 unspecified atom stereocenters. The summed E-state index contributed by atoms with van der Waals surface area (Å²) < 4.78 is 14.1. The van der Waals surface area contributed by atoms with Gasteiger partial charge in [-0.25, -0.2) is 4.39 Å². The maximum atomic E-state index is 14.1. The molecule has 0 radical (unpaired) electrons. The van der Waals surface area contributed by atoms with Gasteiger partial charge in [-0.15, -0.1) is 0 Å². The lowest BCUT2D eigenvalue weighted by Gasteiger charge is -2.46. The quantitative estimate of drug-likeness (QED) is 0.598. The summed E-state index contributed by atoms with van der Waals surface area (Å²) >= 11 is 0. The molecule has 0 amide bonds. The summed E-state index contributed by atoms with van der Waals surface area (Å²) in [6.07, 6.45) is 0.319. The second-order valence-electron chi connectivity index (χ2n) is 6.89. The summed E-state index contributed by atoms with van der Waals surface area (Å²) in [4.78, 5) is 2.26. The first-order chi connectivity index (χ1) is 6.62. The Morgan fingerprint density at radius 2 is 1.60 bits per heavy atom. The van der Waals surface area contributed by atoms with Crippen LogP contribution in [0.5, 0.6) is 0 Å². The number of alkyl halides is 1. The van der Waals surface area contributed by atoms with Gasteiger partial charge < -0.3 is 0 Å². The van der Waals surface area contributed by atoms with Crippen molar-refractivity contribution in [3.05, 3.63) is 0 Å². The third-order valence-corrected chi connectivity index (χ3v) is 3.60. The van der Waals surface area contributed by atoms with Gasteiger partial charge in [0.2, 0.25) is 0 Å². The van der Waals surface area contributed by atoms with Crippen molar-refractivity contribution in [3.8, 4) is 0 Å². The fraction of sp³-hybridized carbons (Fsp3) is 1.00. The van der Waals surface area contributed by atoms with E-state index >= 15 is 0 Å². The molecule has 1 saturated heterocycles. The second kappa shape index (κ2) is 4.04. The van der Waals surface area contributed by atoms with Crippen molar-refractivity contribution in [2.24, 2.45) is 11.3 Å². The van der Waals surface area contributed by atoms with Gasteiger partial charge in [-0.05, 0) is 45.1 Å². The summed E-state index contributed by atoms with van der Waals surface area (Å²) in [5.74, 6) is 0.219. The van der Waals surface area contributed by atoms with E-state index < -0.39 is 6.17 Å². The molecule has 2 heteroatoms. The zero-order valence-corrected chi connectivity index (χ0v) is 11.1. The Kier molecular flexibility index (Phi) is 3.49. The lowest BCUT2D eigenvalue weighted by atomic mass is 9.74. The molecule has 1 aliphatic rings. The molecule has 0 N–H and O–H groups in total. The third kappa shape index (κ3) is 3.17. The summed E-state index contributed by atoms with van der Waals surface area (Å²) in [6.45, 7) is 14.6. The van der Waals surface area contributed by atoms with E-state index in [9.17, 15) is 4.39 Å².